The first-order valence-corrected chi connectivity index (χ1v) is 15.4. The predicted molar refractivity (Wildman–Crippen MR) is 135 cm³/mol. The highest BCUT2D eigenvalue weighted by atomic mass is 32.2. The highest BCUT2D eigenvalue weighted by molar-refractivity contribution is 7.85. The second-order valence-corrected chi connectivity index (χ2v) is 14.9. The molecule has 35 heavy (non-hydrogen) atoms. The standard InChI is InChI=1S/C27H47NO6S/c1-17(5-8-23(31)28-13-14-35(32,33)34)19-6-7-20-24-21(10-11-26(19,20)3)27(4)12-9-18(29)15-25(27,2)16-22(24)30/h17-22,24,29-30H,5-16H2,1-4H3,(H,28,31)(H,32,33,34)/t17-,18-,19-,20+,21+,22-,24+,25+,26-,27-/m1/s1. The molecule has 0 radical (unpaired) electrons. The number of hydrogen-bond donors (Lipinski definition) is 4. The van der Waals surface area contributed by atoms with Crippen molar-refractivity contribution in [2.75, 3.05) is 12.3 Å². The van der Waals surface area contributed by atoms with Crippen LogP contribution in [-0.4, -0.2) is 53.6 Å². The molecule has 8 heteroatoms. The molecule has 0 aliphatic heterocycles. The van der Waals surface area contributed by atoms with Gasteiger partial charge in [0.2, 0.25) is 5.91 Å². The first kappa shape index (κ1) is 27.3. The molecular weight excluding hydrogens is 466 g/mol. The Hall–Kier alpha value is -0.700. The third-order valence-electron chi connectivity index (χ3n) is 11.6. The van der Waals surface area contributed by atoms with Gasteiger partial charge in [0.05, 0.1) is 18.0 Å². The van der Waals surface area contributed by atoms with Gasteiger partial charge in [0.15, 0.2) is 0 Å². The normalized spacial score (nSPS) is 46.3. The van der Waals surface area contributed by atoms with Gasteiger partial charge < -0.3 is 15.5 Å². The largest absolute Gasteiger partial charge is 0.393 e. The van der Waals surface area contributed by atoms with Gasteiger partial charge in [-0.3, -0.25) is 9.35 Å². The smallest absolute Gasteiger partial charge is 0.266 e. The van der Waals surface area contributed by atoms with Crippen LogP contribution in [0.2, 0.25) is 0 Å². The van der Waals surface area contributed by atoms with Crippen LogP contribution in [0.25, 0.3) is 0 Å². The molecule has 0 aromatic rings. The molecule has 0 heterocycles. The Balaban J connectivity index is 1.41. The van der Waals surface area contributed by atoms with Crippen LogP contribution in [0, 0.1) is 45.8 Å². The summed E-state index contributed by atoms with van der Waals surface area (Å²) in [5.41, 5.74) is 0.329. The molecule has 4 aliphatic carbocycles. The third kappa shape index (κ3) is 4.94. The third-order valence-corrected chi connectivity index (χ3v) is 12.3. The number of carbonyl (C=O) groups excluding carboxylic acids is 1. The monoisotopic (exact) mass is 513 g/mol. The zero-order valence-electron chi connectivity index (χ0n) is 22.0. The van der Waals surface area contributed by atoms with E-state index in [1.807, 2.05) is 0 Å². The maximum Gasteiger partial charge on any atom is 0.266 e. The highest BCUT2D eigenvalue weighted by Crippen LogP contribution is 2.71. The summed E-state index contributed by atoms with van der Waals surface area (Å²) in [4.78, 5) is 12.2. The highest BCUT2D eigenvalue weighted by Gasteiger charge is 2.65. The SMILES string of the molecule is C[C@H](CCC(=O)NCCS(=O)(=O)O)[C@H]1CC[C@H]2[C@@H]3[C@H](O)C[C@]4(C)C[C@H](O)CC[C@]4(C)[C@H]3CC[C@]12C. The summed E-state index contributed by atoms with van der Waals surface area (Å²) >= 11 is 0. The van der Waals surface area contributed by atoms with Crippen molar-refractivity contribution in [3.8, 4) is 0 Å². The van der Waals surface area contributed by atoms with E-state index in [1.165, 1.54) is 0 Å². The minimum absolute atomic E-state index is 0.00694. The van der Waals surface area contributed by atoms with Crippen LogP contribution in [0.3, 0.4) is 0 Å². The van der Waals surface area contributed by atoms with Crippen LogP contribution in [0.4, 0.5) is 0 Å². The molecule has 0 aromatic carbocycles. The summed E-state index contributed by atoms with van der Waals surface area (Å²) in [5.74, 6) is 1.59. The van der Waals surface area contributed by atoms with E-state index in [9.17, 15) is 23.4 Å². The molecule has 0 unspecified atom stereocenters. The number of carbonyl (C=O) groups is 1. The minimum atomic E-state index is -4.07. The lowest BCUT2D eigenvalue weighted by Gasteiger charge is -2.66. The van der Waals surface area contributed by atoms with E-state index in [0.717, 1.165) is 57.8 Å². The molecule has 0 spiro atoms. The summed E-state index contributed by atoms with van der Waals surface area (Å²) < 4.78 is 30.5. The van der Waals surface area contributed by atoms with Crippen LogP contribution in [-0.2, 0) is 14.9 Å². The van der Waals surface area contributed by atoms with E-state index in [0.29, 0.717) is 36.0 Å². The van der Waals surface area contributed by atoms with Crippen LogP contribution in [0.1, 0.15) is 91.9 Å². The fraction of sp³-hybridized carbons (Fsp3) is 0.963. The summed E-state index contributed by atoms with van der Waals surface area (Å²) in [6.07, 6.45) is 8.65. The van der Waals surface area contributed by atoms with Gasteiger partial charge in [0.25, 0.3) is 10.1 Å². The van der Waals surface area contributed by atoms with Gasteiger partial charge >= 0.3 is 0 Å². The van der Waals surface area contributed by atoms with Crippen LogP contribution >= 0.6 is 0 Å². The lowest BCUT2D eigenvalue weighted by Crippen LogP contribution is -2.62. The van der Waals surface area contributed by atoms with Crippen molar-refractivity contribution >= 4 is 16.0 Å². The second-order valence-electron chi connectivity index (χ2n) is 13.3. The van der Waals surface area contributed by atoms with Crippen molar-refractivity contribution in [3.63, 3.8) is 0 Å². The summed E-state index contributed by atoms with van der Waals surface area (Å²) in [6, 6.07) is 0. The summed E-state index contributed by atoms with van der Waals surface area (Å²) in [6.45, 7) is 9.37. The topological polar surface area (TPSA) is 124 Å². The number of nitrogens with one attached hydrogen (secondary N) is 1. The molecule has 4 N–H and O–H groups in total. The number of hydrogen-bond acceptors (Lipinski definition) is 5. The van der Waals surface area contributed by atoms with E-state index < -0.39 is 15.9 Å². The predicted octanol–water partition coefficient (Wildman–Crippen LogP) is 3.79. The number of aliphatic hydroxyl groups excluding tert-OH is 2. The number of amides is 1. The Labute approximate surface area is 211 Å². The van der Waals surface area contributed by atoms with Gasteiger partial charge in [0, 0.05) is 13.0 Å². The quantitative estimate of drug-likeness (QED) is 0.384. The molecule has 202 valence electrons. The summed E-state index contributed by atoms with van der Waals surface area (Å²) in [7, 11) is -4.07. The molecule has 7 nitrogen and oxygen atoms in total. The molecular formula is C27H47NO6S. The lowest BCUT2D eigenvalue weighted by atomic mass is 9.39. The van der Waals surface area contributed by atoms with Gasteiger partial charge in [-0.25, -0.2) is 0 Å². The van der Waals surface area contributed by atoms with Crippen molar-refractivity contribution in [2.45, 2.75) is 104 Å². The van der Waals surface area contributed by atoms with Gasteiger partial charge in [0.1, 0.15) is 0 Å². The zero-order chi connectivity index (χ0) is 25.8. The van der Waals surface area contributed by atoms with Crippen LogP contribution in [0.5, 0.6) is 0 Å². The first-order valence-electron chi connectivity index (χ1n) is 13.8. The Morgan fingerprint density at radius 3 is 2.43 bits per heavy atom. The van der Waals surface area contributed by atoms with Gasteiger partial charge in [-0.1, -0.05) is 27.7 Å². The van der Waals surface area contributed by atoms with Crippen molar-refractivity contribution in [3.05, 3.63) is 0 Å². The van der Waals surface area contributed by atoms with Crippen molar-refractivity contribution in [2.24, 2.45) is 45.8 Å². The van der Waals surface area contributed by atoms with Crippen LogP contribution < -0.4 is 5.32 Å². The molecule has 4 aliphatic rings. The molecule has 0 saturated heterocycles. The zero-order valence-corrected chi connectivity index (χ0v) is 22.8. The molecule has 4 rings (SSSR count). The van der Waals surface area contributed by atoms with E-state index in [2.05, 4.69) is 33.0 Å². The van der Waals surface area contributed by atoms with Crippen LogP contribution in [0.15, 0.2) is 0 Å². The molecule has 1 amide bonds. The van der Waals surface area contributed by atoms with E-state index >= 15 is 0 Å². The average Bonchev–Trinajstić information content (AvgIpc) is 3.09. The fourth-order valence-electron chi connectivity index (χ4n) is 9.59. The Morgan fingerprint density at radius 1 is 1.03 bits per heavy atom. The minimum Gasteiger partial charge on any atom is -0.393 e. The average molecular weight is 514 g/mol. The Morgan fingerprint density at radius 2 is 1.74 bits per heavy atom. The number of rotatable bonds is 7. The van der Waals surface area contributed by atoms with Crippen molar-refractivity contribution < 1.29 is 28.0 Å². The lowest BCUT2D eigenvalue weighted by molar-refractivity contribution is -0.210. The van der Waals surface area contributed by atoms with Gasteiger partial charge in [-0.05, 0) is 104 Å². The number of aliphatic hydroxyl groups is 2. The molecule has 4 saturated carbocycles. The van der Waals surface area contributed by atoms with E-state index in [4.69, 9.17) is 4.55 Å². The maximum absolute atomic E-state index is 12.2. The molecule has 4 fully saturated rings. The van der Waals surface area contributed by atoms with Gasteiger partial charge in [-0.15, -0.1) is 0 Å². The Kier molecular flexibility index (Phi) is 7.46. The Bertz CT molecular complexity index is 909. The van der Waals surface area contributed by atoms with E-state index in [1.54, 1.807) is 0 Å². The molecule has 10 atom stereocenters. The van der Waals surface area contributed by atoms with Crippen molar-refractivity contribution in [1.29, 1.82) is 0 Å². The van der Waals surface area contributed by atoms with Crippen molar-refractivity contribution in [1.82, 2.24) is 5.32 Å². The summed E-state index contributed by atoms with van der Waals surface area (Å²) in [5, 5.41) is 24.5. The molecule has 0 aromatic heterocycles. The fourth-order valence-corrected chi connectivity index (χ4v) is 9.95. The second kappa shape index (κ2) is 9.55. The number of fused-ring (bicyclic) bond motifs is 5. The van der Waals surface area contributed by atoms with Gasteiger partial charge in [-0.2, -0.15) is 8.42 Å². The molecule has 0 bridgehead atoms. The maximum atomic E-state index is 12.2. The first-order chi connectivity index (χ1) is 16.2. The van der Waals surface area contributed by atoms with E-state index in [-0.39, 0.29) is 40.9 Å².